The zero-order valence-electron chi connectivity index (χ0n) is 10.4. The van der Waals surface area contributed by atoms with Gasteiger partial charge in [-0.15, -0.1) is 0 Å². The molecular weight excluding hydrogens is 214 g/mol. The molecule has 0 spiro atoms. The molecule has 0 aliphatic heterocycles. The van der Waals surface area contributed by atoms with Crippen LogP contribution in [0.25, 0.3) is 0 Å². The molecule has 4 fully saturated rings. The third-order valence-corrected chi connectivity index (χ3v) is 5.14. The van der Waals surface area contributed by atoms with E-state index in [-0.39, 0.29) is 17.4 Å². The second-order valence-corrected chi connectivity index (χ2v) is 6.57. The molecule has 17 heavy (non-hydrogen) atoms. The molecule has 3 nitrogen and oxygen atoms in total. The molecule has 4 bridgehead atoms. The predicted molar refractivity (Wildman–Crippen MR) is 64.3 cm³/mol. The molecule has 4 aliphatic rings. The number of carbonyl (C=O) groups is 2. The molecule has 0 aromatic heterocycles. The molecular formula is C14H21NO2. The van der Waals surface area contributed by atoms with Crippen molar-refractivity contribution in [2.45, 2.75) is 51.0 Å². The van der Waals surface area contributed by atoms with Crippen LogP contribution in [-0.2, 0) is 9.59 Å². The van der Waals surface area contributed by atoms with E-state index in [0.717, 1.165) is 31.6 Å². The Morgan fingerprint density at radius 1 is 1.18 bits per heavy atom. The Balaban J connectivity index is 1.90. The highest BCUT2D eigenvalue weighted by molar-refractivity contribution is 5.74. The summed E-state index contributed by atoms with van der Waals surface area (Å²) in [6.45, 7) is 1.62. The van der Waals surface area contributed by atoms with Gasteiger partial charge in [0.15, 0.2) is 0 Å². The van der Waals surface area contributed by atoms with E-state index in [1.54, 1.807) is 6.92 Å². The number of amides is 1. The van der Waals surface area contributed by atoms with Crippen molar-refractivity contribution in [3.05, 3.63) is 0 Å². The highest BCUT2D eigenvalue weighted by Gasteiger charge is 2.51. The first kappa shape index (κ1) is 11.2. The lowest BCUT2D eigenvalue weighted by Gasteiger charge is -2.48. The van der Waals surface area contributed by atoms with E-state index in [1.807, 2.05) is 0 Å². The van der Waals surface area contributed by atoms with Crippen LogP contribution >= 0.6 is 0 Å². The standard InChI is InChI=1S/C14H21NO2/c1-9(17)15-14-5-10-2-11(6-14)4-13(8-16)12(3-10)7-14/h8,10-13H,2-7H2,1H3,(H,15,17). The SMILES string of the molecule is CC(=O)NC12CC3CC(CC(C1)C(C=O)C3)C2. The summed E-state index contributed by atoms with van der Waals surface area (Å²) in [5, 5.41) is 3.22. The summed E-state index contributed by atoms with van der Waals surface area (Å²) < 4.78 is 0. The highest BCUT2D eigenvalue weighted by atomic mass is 16.1. The zero-order valence-corrected chi connectivity index (χ0v) is 10.4. The van der Waals surface area contributed by atoms with Gasteiger partial charge in [0.1, 0.15) is 6.29 Å². The largest absolute Gasteiger partial charge is 0.351 e. The van der Waals surface area contributed by atoms with Crippen molar-refractivity contribution in [1.82, 2.24) is 5.32 Å². The van der Waals surface area contributed by atoms with Crippen LogP contribution < -0.4 is 5.32 Å². The Hall–Kier alpha value is -0.860. The van der Waals surface area contributed by atoms with Crippen molar-refractivity contribution in [1.29, 1.82) is 0 Å². The van der Waals surface area contributed by atoms with Gasteiger partial charge in [-0.25, -0.2) is 0 Å². The first-order valence-corrected chi connectivity index (χ1v) is 6.84. The number of hydrogen-bond acceptors (Lipinski definition) is 2. The Kier molecular flexibility index (Phi) is 2.53. The molecule has 0 aromatic carbocycles. The fourth-order valence-corrected chi connectivity index (χ4v) is 4.96. The number of carbonyl (C=O) groups excluding carboxylic acids is 2. The van der Waals surface area contributed by atoms with Gasteiger partial charge < -0.3 is 10.1 Å². The molecule has 5 atom stereocenters. The van der Waals surface area contributed by atoms with Crippen LogP contribution in [0.15, 0.2) is 0 Å². The second-order valence-electron chi connectivity index (χ2n) is 6.57. The molecule has 3 heteroatoms. The number of hydrogen-bond donors (Lipinski definition) is 1. The minimum Gasteiger partial charge on any atom is -0.351 e. The van der Waals surface area contributed by atoms with Crippen molar-refractivity contribution in [2.24, 2.45) is 23.7 Å². The van der Waals surface area contributed by atoms with Gasteiger partial charge in [-0.3, -0.25) is 4.79 Å². The number of nitrogens with one attached hydrogen (secondary N) is 1. The predicted octanol–water partition coefficient (Wildman–Crippen LogP) is 1.91. The van der Waals surface area contributed by atoms with Gasteiger partial charge in [0, 0.05) is 18.4 Å². The third kappa shape index (κ3) is 1.90. The van der Waals surface area contributed by atoms with Gasteiger partial charge in [0.25, 0.3) is 0 Å². The minimum absolute atomic E-state index is 0.0279. The Morgan fingerprint density at radius 2 is 1.88 bits per heavy atom. The van der Waals surface area contributed by atoms with E-state index in [2.05, 4.69) is 5.32 Å². The van der Waals surface area contributed by atoms with Crippen molar-refractivity contribution in [2.75, 3.05) is 0 Å². The van der Waals surface area contributed by atoms with E-state index in [4.69, 9.17) is 0 Å². The number of rotatable bonds is 2. The molecule has 5 unspecified atom stereocenters. The molecule has 4 saturated carbocycles. The summed E-state index contributed by atoms with van der Waals surface area (Å²) in [7, 11) is 0. The minimum atomic E-state index is 0.0279. The summed E-state index contributed by atoms with van der Waals surface area (Å²) >= 11 is 0. The average molecular weight is 235 g/mol. The van der Waals surface area contributed by atoms with Crippen LogP contribution in [0.2, 0.25) is 0 Å². The fraction of sp³-hybridized carbons (Fsp3) is 0.857. The first-order chi connectivity index (χ1) is 8.10. The van der Waals surface area contributed by atoms with Crippen molar-refractivity contribution < 1.29 is 9.59 Å². The Morgan fingerprint density at radius 3 is 2.53 bits per heavy atom. The molecule has 0 heterocycles. The van der Waals surface area contributed by atoms with Crippen molar-refractivity contribution in [3.63, 3.8) is 0 Å². The van der Waals surface area contributed by atoms with Crippen LogP contribution in [0.1, 0.15) is 45.4 Å². The van der Waals surface area contributed by atoms with Gasteiger partial charge >= 0.3 is 0 Å². The van der Waals surface area contributed by atoms with Crippen molar-refractivity contribution >= 4 is 12.2 Å². The van der Waals surface area contributed by atoms with Crippen molar-refractivity contribution in [3.8, 4) is 0 Å². The number of aldehydes is 1. The average Bonchev–Trinajstić information content (AvgIpc) is 2.39. The highest BCUT2D eigenvalue weighted by Crippen LogP contribution is 2.54. The van der Waals surface area contributed by atoms with E-state index >= 15 is 0 Å². The topological polar surface area (TPSA) is 46.2 Å². The molecule has 4 aliphatic carbocycles. The van der Waals surface area contributed by atoms with E-state index in [9.17, 15) is 9.59 Å². The molecule has 0 radical (unpaired) electrons. The molecule has 0 saturated heterocycles. The summed E-state index contributed by atoms with van der Waals surface area (Å²) in [5.74, 6) is 2.26. The Labute approximate surface area is 102 Å². The van der Waals surface area contributed by atoms with Crippen LogP contribution in [0, 0.1) is 23.7 Å². The maximum Gasteiger partial charge on any atom is 0.217 e. The summed E-state index contributed by atoms with van der Waals surface area (Å²) in [6.07, 6.45) is 8.00. The smallest absolute Gasteiger partial charge is 0.217 e. The summed E-state index contributed by atoms with van der Waals surface area (Å²) in [5.41, 5.74) is 0.0279. The lowest BCUT2D eigenvalue weighted by molar-refractivity contribution is -0.122. The summed E-state index contributed by atoms with van der Waals surface area (Å²) in [4.78, 5) is 22.6. The van der Waals surface area contributed by atoms with Crippen LogP contribution in [0.5, 0.6) is 0 Å². The first-order valence-electron chi connectivity index (χ1n) is 6.84. The van der Waals surface area contributed by atoms with E-state index < -0.39 is 0 Å². The molecule has 0 aromatic rings. The monoisotopic (exact) mass is 235 g/mol. The van der Waals surface area contributed by atoms with Gasteiger partial charge in [0.05, 0.1) is 0 Å². The lowest BCUT2D eigenvalue weighted by Crippen LogP contribution is -2.55. The van der Waals surface area contributed by atoms with Gasteiger partial charge in [-0.2, -0.15) is 0 Å². The third-order valence-electron chi connectivity index (χ3n) is 5.14. The van der Waals surface area contributed by atoms with Crippen LogP contribution in [-0.4, -0.2) is 17.7 Å². The fourth-order valence-electron chi connectivity index (χ4n) is 4.96. The molecule has 1 N–H and O–H groups in total. The van der Waals surface area contributed by atoms with E-state index in [1.165, 1.54) is 19.1 Å². The molecule has 94 valence electrons. The normalized spacial score (nSPS) is 47.6. The second kappa shape index (κ2) is 3.82. The van der Waals surface area contributed by atoms with Gasteiger partial charge in [0.2, 0.25) is 5.91 Å². The Bertz CT molecular complexity index is 354. The van der Waals surface area contributed by atoms with Crippen LogP contribution in [0.3, 0.4) is 0 Å². The van der Waals surface area contributed by atoms with Gasteiger partial charge in [-0.05, 0) is 56.3 Å². The number of fused-ring (bicyclic) bond motifs is 1. The molecule has 4 rings (SSSR count). The maximum atomic E-state index is 11.4. The summed E-state index contributed by atoms with van der Waals surface area (Å²) in [6, 6.07) is 0. The van der Waals surface area contributed by atoms with Gasteiger partial charge in [-0.1, -0.05) is 0 Å². The van der Waals surface area contributed by atoms with Crippen LogP contribution in [0.4, 0.5) is 0 Å². The quantitative estimate of drug-likeness (QED) is 0.743. The lowest BCUT2D eigenvalue weighted by atomic mass is 9.62. The zero-order chi connectivity index (χ0) is 12.0. The van der Waals surface area contributed by atoms with E-state index in [0.29, 0.717) is 11.8 Å². The maximum absolute atomic E-state index is 11.4. The molecule has 1 amide bonds.